The monoisotopic (exact) mass is 140 g/mol. The first kappa shape index (κ1) is 9.03. The molecule has 0 fully saturated rings. The van der Waals surface area contributed by atoms with Crippen LogP contribution in [0.3, 0.4) is 0 Å². The van der Waals surface area contributed by atoms with Gasteiger partial charge in [0.25, 0.3) is 0 Å². The number of esters is 1. The van der Waals surface area contributed by atoms with Gasteiger partial charge < -0.3 is 4.74 Å². The van der Waals surface area contributed by atoms with Crippen molar-refractivity contribution in [2.24, 2.45) is 0 Å². The Morgan fingerprint density at radius 3 is 2.30 bits per heavy atom. The van der Waals surface area contributed by atoms with E-state index in [1.807, 2.05) is 0 Å². The molecule has 0 aromatic rings. The van der Waals surface area contributed by atoms with Gasteiger partial charge in [0.1, 0.15) is 0 Å². The van der Waals surface area contributed by atoms with Crippen LogP contribution in [-0.4, -0.2) is 11.6 Å². The Balaban J connectivity index is 4.08. The summed E-state index contributed by atoms with van der Waals surface area (Å²) >= 11 is 0. The van der Waals surface area contributed by atoms with E-state index in [0.717, 1.165) is 0 Å². The van der Waals surface area contributed by atoms with Gasteiger partial charge in [0, 0.05) is 6.92 Å². The predicted molar refractivity (Wildman–Crippen MR) is 39.3 cm³/mol. The highest BCUT2D eigenvalue weighted by molar-refractivity contribution is 5.66. The second-order valence-electron chi connectivity index (χ2n) is 2.48. The summed E-state index contributed by atoms with van der Waals surface area (Å²) in [5, 5.41) is 0. The van der Waals surface area contributed by atoms with Crippen LogP contribution in [-0.2, 0) is 9.53 Å². The van der Waals surface area contributed by atoms with Crippen molar-refractivity contribution in [2.75, 3.05) is 0 Å². The van der Waals surface area contributed by atoms with Crippen molar-refractivity contribution in [1.29, 1.82) is 0 Å². The molecule has 0 aromatic carbocycles. The Labute approximate surface area is 61.6 Å². The lowest BCUT2D eigenvalue weighted by Gasteiger charge is -2.16. The number of rotatable bonds is 1. The smallest absolute Gasteiger partial charge is 0.304 e. The van der Waals surface area contributed by atoms with Gasteiger partial charge in [0.05, 0.1) is 0 Å². The van der Waals surface area contributed by atoms with E-state index < -0.39 is 5.60 Å². The van der Waals surface area contributed by atoms with Gasteiger partial charge in [-0.25, -0.2) is 0 Å². The van der Waals surface area contributed by atoms with E-state index in [1.165, 1.54) is 6.92 Å². The molecule has 0 spiro atoms. The van der Waals surface area contributed by atoms with Gasteiger partial charge in [-0.2, -0.15) is 0 Å². The SMILES string of the molecule is CC#CC(C)(C)OC(C)=O. The molecule has 0 unspecified atom stereocenters. The summed E-state index contributed by atoms with van der Waals surface area (Å²) in [7, 11) is 0. The molecule has 0 rings (SSSR count). The third kappa shape index (κ3) is 3.96. The van der Waals surface area contributed by atoms with Gasteiger partial charge in [0.2, 0.25) is 0 Å². The molecular weight excluding hydrogens is 128 g/mol. The zero-order valence-corrected chi connectivity index (χ0v) is 6.82. The minimum atomic E-state index is -0.638. The Kier molecular flexibility index (Phi) is 2.95. The van der Waals surface area contributed by atoms with Crippen molar-refractivity contribution in [2.45, 2.75) is 33.3 Å². The first-order valence-corrected chi connectivity index (χ1v) is 3.11. The number of ether oxygens (including phenoxy) is 1. The van der Waals surface area contributed by atoms with E-state index in [0.29, 0.717) is 0 Å². The van der Waals surface area contributed by atoms with Crippen LogP contribution >= 0.6 is 0 Å². The van der Waals surface area contributed by atoms with Crippen molar-refractivity contribution in [3.63, 3.8) is 0 Å². The largest absolute Gasteiger partial charge is 0.447 e. The third-order valence-corrected chi connectivity index (χ3v) is 0.825. The zero-order chi connectivity index (χ0) is 8.20. The van der Waals surface area contributed by atoms with Gasteiger partial charge in [-0.3, -0.25) is 4.79 Å². The fraction of sp³-hybridized carbons (Fsp3) is 0.625. The molecule has 0 saturated heterocycles. The molecule has 0 atom stereocenters. The second kappa shape index (κ2) is 3.26. The van der Waals surface area contributed by atoms with Gasteiger partial charge in [-0.05, 0) is 20.8 Å². The molecule has 2 heteroatoms. The highest BCUT2D eigenvalue weighted by atomic mass is 16.6. The van der Waals surface area contributed by atoms with E-state index >= 15 is 0 Å². The number of hydrogen-bond acceptors (Lipinski definition) is 2. The summed E-state index contributed by atoms with van der Waals surface area (Å²) in [6.07, 6.45) is 0. The Bertz CT molecular complexity index is 181. The Morgan fingerprint density at radius 2 is 2.00 bits per heavy atom. The van der Waals surface area contributed by atoms with E-state index in [-0.39, 0.29) is 5.97 Å². The highest BCUT2D eigenvalue weighted by Gasteiger charge is 2.16. The molecule has 0 aromatic heterocycles. The third-order valence-electron chi connectivity index (χ3n) is 0.825. The fourth-order valence-corrected chi connectivity index (χ4v) is 0.686. The van der Waals surface area contributed by atoms with Crippen LogP contribution in [0.4, 0.5) is 0 Å². The van der Waals surface area contributed by atoms with Gasteiger partial charge >= 0.3 is 5.97 Å². The van der Waals surface area contributed by atoms with Gasteiger partial charge in [0.15, 0.2) is 5.60 Å². The van der Waals surface area contributed by atoms with Crippen molar-refractivity contribution in [3.05, 3.63) is 0 Å². The maximum atomic E-state index is 10.4. The molecule has 56 valence electrons. The minimum Gasteiger partial charge on any atom is -0.447 e. The summed E-state index contributed by atoms with van der Waals surface area (Å²) < 4.78 is 4.87. The Morgan fingerprint density at radius 1 is 1.50 bits per heavy atom. The Hall–Kier alpha value is -0.970. The molecule has 0 aliphatic carbocycles. The number of carbonyl (C=O) groups excluding carboxylic acids is 1. The quantitative estimate of drug-likeness (QED) is 0.406. The lowest BCUT2D eigenvalue weighted by molar-refractivity contribution is -0.148. The lowest BCUT2D eigenvalue weighted by atomic mass is 10.1. The van der Waals surface area contributed by atoms with E-state index in [2.05, 4.69) is 11.8 Å². The van der Waals surface area contributed by atoms with Crippen LogP contribution in [0.15, 0.2) is 0 Å². The van der Waals surface area contributed by atoms with E-state index in [9.17, 15) is 4.79 Å². The van der Waals surface area contributed by atoms with Crippen LogP contribution in [0.1, 0.15) is 27.7 Å². The maximum absolute atomic E-state index is 10.4. The van der Waals surface area contributed by atoms with Gasteiger partial charge in [-0.1, -0.05) is 5.92 Å². The van der Waals surface area contributed by atoms with Crippen LogP contribution in [0.5, 0.6) is 0 Å². The van der Waals surface area contributed by atoms with Crippen molar-refractivity contribution in [1.82, 2.24) is 0 Å². The lowest BCUT2D eigenvalue weighted by Crippen LogP contribution is -2.24. The van der Waals surface area contributed by atoms with Crippen LogP contribution in [0, 0.1) is 11.8 Å². The number of hydrogen-bond donors (Lipinski definition) is 0. The molecule has 0 radical (unpaired) electrons. The second-order valence-corrected chi connectivity index (χ2v) is 2.48. The van der Waals surface area contributed by atoms with Crippen molar-refractivity contribution >= 4 is 5.97 Å². The van der Waals surface area contributed by atoms with Crippen molar-refractivity contribution in [3.8, 4) is 11.8 Å². The topological polar surface area (TPSA) is 26.3 Å². The van der Waals surface area contributed by atoms with Crippen LogP contribution in [0.2, 0.25) is 0 Å². The molecular formula is C8H12O2. The molecule has 0 bridgehead atoms. The highest BCUT2D eigenvalue weighted by Crippen LogP contribution is 2.06. The summed E-state index contributed by atoms with van der Waals surface area (Å²) in [6.45, 7) is 6.60. The molecule has 0 N–H and O–H groups in total. The van der Waals surface area contributed by atoms with E-state index in [4.69, 9.17) is 4.74 Å². The van der Waals surface area contributed by atoms with Crippen LogP contribution < -0.4 is 0 Å². The summed E-state index contributed by atoms with van der Waals surface area (Å²) in [5.74, 6) is 5.15. The average molecular weight is 140 g/mol. The standard InChI is InChI=1S/C8H12O2/c1-5-6-8(3,4)10-7(2)9/h1-4H3. The van der Waals surface area contributed by atoms with Crippen molar-refractivity contribution < 1.29 is 9.53 Å². The molecule has 0 heterocycles. The molecule has 0 amide bonds. The molecule has 0 aliphatic heterocycles. The first-order valence-electron chi connectivity index (χ1n) is 3.11. The van der Waals surface area contributed by atoms with Crippen LogP contribution in [0.25, 0.3) is 0 Å². The normalized spacial score (nSPS) is 9.60. The zero-order valence-electron chi connectivity index (χ0n) is 6.82. The van der Waals surface area contributed by atoms with Gasteiger partial charge in [-0.15, -0.1) is 5.92 Å². The molecule has 10 heavy (non-hydrogen) atoms. The summed E-state index contributed by atoms with van der Waals surface area (Å²) in [5.41, 5.74) is -0.638. The number of carbonyl (C=O) groups is 1. The summed E-state index contributed by atoms with van der Waals surface area (Å²) in [4.78, 5) is 10.4. The maximum Gasteiger partial charge on any atom is 0.304 e. The predicted octanol–water partition coefficient (Wildman–Crippen LogP) is 1.35. The fourth-order valence-electron chi connectivity index (χ4n) is 0.686. The molecule has 0 saturated carbocycles. The molecule has 0 aliphatic rings. The molecule has 2 nitrogen and oxygen atoms in total. The average Bonchev–Trinajstić information content (AvgIpc) is 1.59. The first-order chi connectivity index (χ1) is 4.48. The minimum absolute atomic E-state index is 0.298. The summed E-state index contributed by atoms with van der Waals surface area (Å²) in [6, 6.07) is 0. The van der Waals surface area contributed by atoms with E-state index in [1.54, 1.807) is 20.8 Å².